The molecule has 1 aliphatic heterocycles. The molecule has 0 saturated carbocycles. The maximum Gasteiger partial charge on any atom is 0.335 e. The number of carbonyl (C=O) groups excluding carboxylic acids is 1. The minimum atomic E-state index is -3.83. The summed E-state index contributed by atoms with van der Waals surface area (Å²) in [7, 11) is -3.83. The molecule has 1 aromatic rings. The van der Waals surface area contributed by atoms with E-state index >= 15 is 0 Å². The van der Waals surface area contributed by atoms with E-state index in [1.165, 1.54) is 6.07 Å². The number of alkyl halides is 2. The fourth-order valence-electron chi connectivity index (χ4n) is 1.89. The third kappa shape index (κ3) is 2.87. The Hall–Kier alpha value is -0.980. The number of carbonyl (C=O) groups is 1. The van der Waals surface area contributed by atoms with E-state index in [-0.39, 0.29) is 16.8 Å². The van der Waals surface area contributed by atoms with Crippen molar-refractivity contribution in [2.75, 3.05) is 11.9 Å². The van der Waals surface area contributed by atoms with Gasteiger partial charge in [-0.1, -0.05) is 12.1 Å². The summed E-state index contributed by atoms with van der Waals surface area (Å²) in [4.78, 5) is 12.0. The van der Waals surface area contributed by atoms with Crippen molar-refractivity contribution in [3.63, 3.8) is 0 Å². The van der Waals surface area contributed by atoms with Gasteiger partial charge in [0, 0.05) is 11.9 Å². The number of benzene rings is 1. The van der Waals surface area contributed by atoms with Crippen molar-refractivity contribution in [3.8, 4) is 0 Å². The molecule has 5 nitrogen and oxygen atoms in total. The molecule has 0 bridgehead atoms. The molecule has 8 heteroatoms. The molecule has 0 saturated heterocycles. The molecule has 20 heavy (non-hydrogen) atoms. The molecule has 0 spiro atoms. The number of sulfonamides is 1. The number of anilines is 1. The second-order valence-electron chi connectivity index (χ2n) is 4.49. The summed E-state index contributed by atoms with van der Waals surface area (Å²) in [5.41, 5.74) is 0.293. The molecule has 0 radical (unpaired) electrons. The summed E-state index contributed by atoms with van der Waals surface area (Å²) in [6.07, 6.45) is 0.293. The van der Waals surface area contributed by atoms with Gasteiger partial charge < -0.3 is 5.32 Å². The topological polar surface area (TPSA) is 66.5 Å². The van der Waals surface area contributed by atoms with Crippen LogP contribution in [0.2, 0.25) is 0 Å². The molecule has 1 N–H and O–H groups in total. The van der Waals surface area contributed by atoms with E-state index < -0.39 is 21.4 Å². The van der Waals surface area contributed by atoms with Crippen LogP contribution in [0.3, 0.4) is 0 Å². The van der Waals surface area contributed by atoms with Crippen LogP contribution in [0.25, 0.3) is 0 Å². The summed E-state index contributed by atoms with van der Waals surface area (Å²) in [5, 5.41) is 1.84. The Morgan fingerprint density at radius 2 is 1.95 bits per heavy atom. The van der Waals surface area contributed by atoms with Gasteiger partial charge >= 0.3 is 6.03 Å². The molecule has 2 atom stereocenters. The van der Waals surface area contributed by atoms with Gasteiger partial charge in [0.15, 0.2) is 0 Å². The third-order valence-corrected chi connectivity index (χ3v) is 5.90. The molecule has 2 amide bonds. The predicted molar refractivity (Wildman–Crippen MR) is 78.9 cm³/mol. The van der Waals surface area contributed by atoms with Crippen molar-refractivity contribution >= 4 is 44.9 Å². The van der Waals surface area contributed by atoms with Gasteiger partial charge in [-0.05, 0) is 25.5 Å². The maximum atomic E-state index is 12.4. The summed E-state index contributed by atoms with van der Waals surface area (Å²) < 4.78 is 25.6. The second-order valence-corrected chi connectivity index (χ2v) is 7.57. The van der Waals surface area contributed by atoms with E-state index in [2.05, 4.69) is 5.32 Å². The Kier molecular flexibility index (Phi) is 4.46. The number of para-hydroxylation sites is 1. The van der Waals surface area contributed by atoms with Crippen LogP contribution in [-0.4, -0.2) is 36.1 Å². The number of rotatable bonds is 4. The molecule has 1 aromatic carbocycles. The average molecular weight is 337 g/mol. The number of nitrogens with zero attached hydrogens (tertiary/aromatic N) is 1. The highest BCUT2D eigenvalue weighted by molar-refractivity contribution is 7.90. The van der Waals surface area contributed by atoms with Crippen molar-refractivity contribution in [1.29, 1.82) is 0 Å². The van der Waals surface area contributed by atoms with E-state index in [9.17, 15) is 13.2 Å². The van der Waals surface area contributed by atoms with Crippen LogP contribution >= 0.6 is 23.2 Å². The zero-order valence-electron chi connectivity index (χ0n) is 10.7. The number of hydrogen-bond acceptors (Lipinski definition) is 3. The lowest BCUT2D eigenvalue weighted by molar-refractivity contribution is 0.234. The first-order valence-corrected chi connectivity index (χ1v) is 8.36. The molecule has 0 aliphatic carbocycles. The molecule has 2 unspecified atom stereocenters. The van der Waals surface area contributed by atoms with Crippen molar-refractivity contribution in [2.24, 2.45) is 0 Å². The summed E-state index contributed by atoms with van der Waals surface area (Å²) in [6.45, 7) is 1.72. The van der Waals surface area contributed by atoms with Crippen LogP contribution in [0, 0.1) is 0 Å². The van der Waals surface area contributed by atoms with Crippen LogP contribution in [0.15, 0.2) is 29.2 Å². The van der Waals surface area contributed by atoms with Crippen molar-refractivity contribution in [3.05, 3.63) is 24.3 Å². The molecule has 110 valence electrons. The van der Waals surface area contributed by atoms with Crippen LogP contribution in [0.1, 0.15) is 13.3 Å². The maximum absolute atomic E-state index is 12.4. The number of hydrogen-bond donors (Lipinski definition) is 1. The Bertz CT molecular complexity index is 619. The van der Waals surface area contributed by atoms with Gasteiger partial charge in [0.1, 0.15) is 4.90 Å². The van der Waals surface area contributed by atoms with Crippen LogP contribution in [-0.2, 0) is 10.0 Å². The highest BCUT2D eigenvalue weighted by atomic mass is 35.5. The third-order valence-electron chi connectivity index (χ3n) is 3.03. The van der Waals surface area contributed by atoms with Gasteiger partial charge in [-0.2, -0.15) is 0 Å². The lowest BCUT2D eigenvalue weighted by atomic mass is 10.2. The smallest absolute Gasteiger partial charge is 0.306 e. The minimum absolute atomic E-state index is 0.00622. The van der Waals surface area contributed by atoms with Crippen molar-refractivity contribution in [1.82, 2.24) is 4.31 Å². The predicted octanol–water partition coefficient (Wildman–Crippen LogP) is 2.85. The Labute approximate surface area is 127 Å². The monoisotopic (exact) mass is 336 g/mol. The number of nitrogens with one attached hydrogen (secondary N) is 1. The highest BCUT2D eigenvalue weighted by Crippen LogP contribution is 2.30. The second kappa shape index (κ2) is 5.79. The fraction of sp³-hybridized carbons (Fsp3) is 0.417. The Morgan fingerprint density at radius 3 is 2.60 bits per heavy atom. The Morgan fingerprint density at radius 1 is 1.30 bits per heavy atom. The normalized spacial score (nSPS) is 19.9. The molecular weight excluding hydrogens is 323 g/mol. The average Bonchev–Trinajstić information content (AvgIpc) is 2.37. The lowest BCUT2D eigenvalue weighted by Crippen LogP contribution is -2.45. The molecular formula is C12H14Cl2N2O3S. The zero-order chi connectivity index (χ0) is 14.9. The summed E-state index contributed by atoms with van der Waals surface area (Å²) in [5.74, 6) is 0. The molecule has 1 heterocycles. The van der Waals surface area contributed by atoms with Crippen molar-refractivity contribution < 1.29 is 13.2 Å². The van der Waals surface area contributed by atoms with Crippen LogP contribution < -0.4 is 5.32 Å². The number of amides is 2. The van der Waals surface area contributed by atoms with Gasteiger partial charge in [0.05, 0.1) is 11.1 Å². The van der Waals surface area contributed by atoms with E-state index in [1.807, 2.05) is 0 Å². The molecule has 1 aliphatic rings. The SMILES string of the molecule is CC(Cl)C(Cl)CCN1C(=O)Nc2ccccc2S1(=O)=O. The molecule has 0 aromatic heterocycles. The minimum Gasteiger partial charge on any atom is -0.306 e. The van der Waals surface area contributed by atoms with Crippen molar-refractivity contribution in [2.45, 2.75) is 29.0 Å². The largest absolute Gasteiger partial charge is 0.335 e. The standard InChI is InChI=1S/C12H14Cl2N2O3S/c1-8(13)9(14)6-7-16-12(17)15-10-4-2-3-5-11(10)20(16,18)19/h2-5,8-9H,6-7H2,1H3,(H,15,17). The van der Waals surface area contributed by atoms with E-state index in [0.29, 0.717) is 12.1 Å². The van der Waals surface area contributed by atoms with E-state index in [0.717, 1.165) is 4.31 Å². The first-order chi connectivity index (χ1) is 9.34. The van der Waals surface area contributed by atoms with Crippen LogP contribution in [0.5, 0.6) is 0 Å². The van der Waals surface area contributed by atoms with Gasteiger partial charge in [-0.25, -0.2) is 17.5 Å². The fourth-order valence-corrected chi connectivity index (χ4v) is 3.61. The lowest BCUT2D eigenvalue weighted by Gasteiger charge is -2.29. The molecule has 0 fully saturated rings. The number of urea groups is 1. The van der Waals surface area contributed by atoms with Gasteiger partial charge in [0.25, 0.3) is 10.0 Å². The van der Waals surface area contributed by atoms with Gasteiger partial charge in [0.2, 0.25) is 0 Å². The zero-order valence-corrected chi connectivity index (χ0v) is 13.0. The number of halogens is 2. The summed E-state index contributed by atoms with van der Waals surface area (Å²) >= 11 is 11.8. The van der Waals surface area contributed by atoms with Crippen LogP contribution in [0.4, 0.5) is 10.5 Å². The van der Waals surface area contributed by atoms with E-state index in [1.54, 1.807) is 25.1 Å². The van der Waals surface area contributed by atoms with Gasteiger partial charge in [-0.15, -0.1) is 23.2 Å². The quantitative estimate of drug-likeness (QED) is 0.859. The number of fused-ring (bicyclic) bond motifs is 1. The molecule has 2 rings (SSSR count). The first kappa shape index (κ1) is 15.4. The first-order valence-electron chi connectivity index (χ1n) is 6.05. The summed E-state index contributed by atoms with van der Waals surface area (Å²) in [6, 6.07) is 5.60. The van der Waals surface area contributed by atoms with Gasteiger partial charge in [-0.3, -0.25) is 0 Å². The van der Waals surface area contributed by atoms with E-state index in [4.69, 9.17) is 23.2 Å². The highest BCUT2D eigenvalue weighted by Gasteiger charge is 2.36. The Balaban J connectivity index is 2.25.